The minimum atomic E-state index is -0.0631. The lowest BCUT2D eigenvalue weighted by Crippen LogP contribution is -2.50. The first-order valence-corrected chi connectivity index (χ1v) is 9.91. The second kappa shape index (κ2) is 8.12. The van der Waals surface area contributed by atoms with Crippen molar-refractivity contribution in [3.8, 4) is 0 Å². The molecule has 24 heavy (non-hydrogen) atoms. The van der Waals surface area contributed by atoms with Crippen molar-refractivity contribution >= 4 is 23.2 Å². The summed E-state index contributed by atoms with van der Waals surface area (Å²) < 4.78 is 0. The fourth-order valence-electron chi connectivity index (χ4n) is 3.64. The van der Waals surface area contributed by atoms with Gasteiger partial charge in [-0.15, -0.1) is 11.3 Å². The zero-order valence-electron chi connectivity index (χ0n) is 14.4. The molecule has 2 aliphatic rings. The maximum atomic E-state index is 12.6. The van der Waals surface area contributed by atoms with Gasteiger partial charge in [-0.05, 0) is 43.7 Å². The molecular weight excluding hydrogens is 322 g/mol. The zero-order chi connectivity index (χ0) is 16.9. The summed E-state index contributed by atoms with van der Waals surface area (Å²) in [5.41, 5.74) is 0. The largest absolute Gasteiger partial charge is 0.353 e. The molecule has 0 bridgehead atoms. The van der Waals surface area contributed by atoms with Gasteiger partial charge in [0, 0.05) is 32.2 Å². The lowest BCUT2D eigenvalue weighted by atomic mass is 9.95. The van der Waals surface area contributed by atoms with Crippen LogP contribution in [0.2, 0.25) is 0 Å². The first-order chi connectivity index (χ1) is 11.7. The van der Waals surface area contributed by atoms with Crippen LogP contribution < -0.4 is 5.32 Å². The fourth-order valence-corrected chi connectivity index (χ4v) is 4.34. The van der Waals surface area contributed by atoms with Gasteiger partial charge < -0.3 is 15.1 Å². The molecule has 0 radical (unpaired) electrons. The molecule has 1 aromatic heterocycles. The number of carbonyl (C=O) groups is 2. The predicted molar refractivity (Wildman–Crippen MR) is 96.2 cm³/mol. The molecule has 1 aromatic rings. The van der Waals surface area contributed by atoms with Gasteiger partial charge in [0.25, 0.3) is 5.91 Å². The number of thiophene rings is 1. The van der Waals surface area contributed by atoms with Gasteiger partial charge in [0.2, 0.25) is 5.91 Å². The van der Waals surface area contributed by atoms with Crippen molar-refractivity contribution in [3.63, 3.8) is 0 Å². The zero-order valence-corrected chi connectivity index (χ0v) is 15.2. The molecule has 1 unspecified atom stereocenters. The highest BCUT2D eigenvalue weighted by molar-refractivity contribution is 7.12. The van der Waals surface area contributed by atoms with E-state index < -0.39 is 0 Å². The smallest absolute Gasteiger partial charge is 0.263 e. The molecule has 1 atom stereocenters. The topological polar surface area (TPSA) is 52.7 Å². The van der Waals surface area contributed by atoms with Crippen LogP contribution in [-0.2, 0) is 4.79 Å². The quantitative estimate of drug-likeness (QED) is 0.907. The van der Waals surface area contributed by atoms with Gasteiger partial charge in [0.1, 0.15) is 0 Å². The van der Waals surface area contributed by atoms with E-state index in [1.165, 1.54) is 11.3 Å². The Morgan fingerprint density at radius 3 is 2.71 bits per heavy atom. The fraction of sp³-hybridized carbons (Fsp3) is 0.667. The van der Waals surface area contributed by atoms with E-state index in [2.05, 4.69) is 17.1 Å². The number of hydrogen-bond donors (Lipinski definition) is 1. The van der Waals surface area contributed by atoms with Crippen LogP contribution in [0.3, 0.4) is 0 Å². The van der Waals surface area contributed by atoms with E-state index in [1.807, 2.05) is 22.4 Å². The van der Waals surface area contributed by atoms with Crippen LogP contribution in [0, 0.1) is 5.92 Å². The maximum Gasteiger partial charge on any atom is 0.263 e. The predicted octanol–water partition coefficient (Wildman–Crippen LogP) is 2.20. The summed E-state index contributed by atoms with van der Waals surface area (Å²) in [5.74, 6) is 0.138. The van der Waals surface area contributed by atoms with Crippen molar-refractivity contribution in [1.29, 1.82) is 0 Å². The summed E-state index contributed by atoms with van der Waals surface area (Å²) in [6, 6.07) is 4.05. The summed E-state index contributed by atoms with van der Waals surface area (Å²) in [6.45, 7) is 6.71. The Bertz CT molecular complexity index is 553. The van der Waals surface area contributed by atoms with Crippen LogP contribution in [0.1, 0.15) is 42.3 Å². The van der Waals surface area contributed by atoms with Crippen LogP contribution in [0.15, 0.2) is 17.5 Å². The Morgan fingerprint density at radius 1 is 1.25 bits per heavy atom. The minimum absolute atomic E-state index is 0.0631. The first-order valence-electron chi connectivity index (χ1n) is 9.03. The molecule has 3 rings (SSSR count). The van der Waals surface area contributed by atoms with Gasteiger partial charge in [-0.2, -0.15) is 0 Å². The average molecular weight is 350 g/mol. The molecule has 0 aromatic carbocycles. The molecule has 1 N–H and O–H groups in total. The number of rotatable bonds is 4. The lowest BCUT2D eigenvalue weighted by Gasteiger charge is -2.35. The van der Waals surface area contributed by atoms with Crippen LogP contribution in [0.25, 0.3) is 0 Å². The SMILES string of the molecule is CCN1CCC(NC(=O)C2CCCN(C(=O)c3cccs3)C2)CC1. The molecule has 0 aliphatic carbocycles. The van der Waals surface area contributed by atoms with Crippen LogP contribution in [0.4, 0.5) is 0 Å². The summed E-state index contributed by atoms with van der Waals surface area (Å²) in [6.07, 6.45) is 3.85. The molecule has 2 fully saturated rings. The van der Waals surface area contributed by atoms with Gasteiger partial charge in [-0.25, -0.2) is 0 Å². The maximum absolute atomic E-state index is 12.6. The number of hydrogen-bond acceptors (Lipinski definition) is 4. The number of amides is 2. The van der Waals surface area contributed by atoms with Crippen molar-refractivity contribution in [1.82, 2.24) is 15.1 Å². The Balaban J connectivity index is 1.51. The Labute approximate surface area is 148 Å². The molecule has 0 spiro atoms. The van der Waals surface area contributed by atoms with Crippen LogP contribution >= 0.6 is 11.3 Å². The number of nitrogens with zero attached hydrogens (tertiary/aromatic N) is 2. The Hall–Kier alpha value is -1.40. The molecule has 2 amide bonds. The second-order valence-corrected chi connectivity index (χ2v) is 7.73. The van der Waals surface area contributed by atoms with Crippen LogP contribution in [0.5, 0.6) is 0 Å². The highest BCUT2D eigenvalue weighted by Gasteiger charge is 2.30. The molecule has 5 nitrogen and oxygen atoms in total. The van der Waals surface area contributed by atoms with Crippen molar-refractivity contribution < 1.29 is 9.59 Å². The summed E-state index contributed by atoms with van der Waals surface area (Å²) in [5, 5.41) is 5.15. The molecular formula is C18H27N3O2S. The van der Waals surface area contributed by atoms with E-state index in [0.29, 0.717) is 12.6 Å². The number of piperidine rings is 2. The number of carbonyl (C=O) groups excluding carboxylic acids is 2. The van der Waals surface area contributed by atoms with Crippen molar-refractivity contribution in [3.05, 3.63) is 22.4 Å². The summed E-state index contributed by atoms with van der Waals surface area (Å²) in [4.78, 5) is 30.1. The highest BCUT2D eigenvalue weighted by atomic mass is 32.1. The third-order valence-electron chi connectivity index (χ3n) is 5.19. The number of nitrogens with one attached hydrogen (secondary N) is 1. The average Bonchev–Trinajstić information content (AvgIpc) is 3.16. The standard InChI is InChI=1S/C18H27N3O2S/c1-2-20-10-7-15(8-11-20)19-17(22)14-5-3-9-21(13-14)18(23)16-6-4-12-24-16/h4,6,12,14-15H,2-3,5,7-11,13H2,1H3,(H,19,22). The molecule has 3 heterocycles. The molecule has 0 saturated carbocycles. The van der Waals surface area contributed by atoms with Crippen LogP contribution in [-0.4, -0.2) is 60.4 Å². The van der Waals surface area contributed by atoms with E-state index in [1.54, 1.807) is 0 Å². The Kier molecular flexibility index (Phi) is 5.89. The lowest BCUT2D eigenvalue weighted by molar-refractivity contribution is -0.127. The van der Waals surface area contributed by atoms with Crippen molar-refractivity contribution in [2.75, 3.05) is 32.7 Å². The highest BCUT2D eigenvalue weighted by Crippen LogP contribution is 2.21. The summed E-state index contributed by atoms with van der Waals surface area (Å²) in [7, 11) is 0. The third-order valence-corrected chi connectivity index (χ3v) is 6.05. The molecule has 6 heteroatoms. The van der Waals surface area contributed by atoms with E-state index >= 15 is 0 Å². The van der Waals surface area contributed by atoms with Gasteiger partial charge in [-0.1, -0.05) is 13.0 Å². The first kappa shape index (κ1) is 17.4. The van der Waals surface area contributed by atoms with E-state index in [4.69, 9.17) is 0 Å². The Morgan fingerprint density at radius 2 is 2.04 bits per heavy atom. The second-order valence-electron chi connectivity index (χ2n) is 6.78. The van der Waals surface area contributed by atoms with Crippen molar-refractivity contribution in [2.24, 2.45) is 5.92 Å². The molecule has 2 saturated heterocycles. The van der Waals surface area contributed by atoms with Gasteiger partial charge in [-0.3, -0.25) is 9.59 Å². The van der Waals surface area contributed by atoms with E-state index in [9.17, 15) is 9.59 Å². The molecule has 2 aliphatic heterocycles. The number of likely N-dealkylation sites (tertiary alicyclic amines) is 2. The summed E-state index contributed by atoms with van der Waals surface area (Å²) >= 11 is 1.47. The van der Waals surface area contributed by atoms with Gasteiger partial charge in [0.15, 0.2) is 0 Å². The normalized spacial score (nSPS) is 23.2. The molecule has 132 valence electrons. The third kappa shape index (κ3) is 4.16. The monoisotopic (exact) mass is 349 g/mol. The van der Waals surface area contributed by atoms with Gasteiger partial charge in [0.05, 0.1) is 10.8 Å². The van der Waals surface area contributed by atoms with Gasteiger partial charge >= 0.3 is 0 Å². The minimum Gasteiger partial charge on any atom is -0.353 e. The van der Waals surface area contributed by atoms with E-state index in [0.717, 1.165) is 56.7 Å². The van der Waals surface area contributed by atoms with Crippen molar-refractivity contribution in [2.45, 2.75) is 38.6 Å². The van der Waals surface area contributed by atoms with E-state index in [-0.39, 0.29) is 17.7 Å².